The minimum Gasteiger partial charge on any atom is -0.480 e. The van der Waals surface area contributed by atoms with Gasteiger partial charge in [-0.05, 0) is 54.7 Å². The number of aromatic nitrogens is 1. The van der Waals surface area contributed by atoms with Crippen LogP contribution in [0.25, 0.3) is 0 Å². The second kappa shape index (κ2) is 15.0. The van der Waals surface area contributed by atoms with Crippen LogP contribution in [-0.4, -0.2) is 57.0 Å². The van der Waals surface area contributed by atoms with E-state index in [1.165, 1.54) is 35.1 Å². The van der Waals surface area contributed by atoms with Crippen LogP contribution in [0.5, 0.6) is 0 Å². The van der Waals surface area contributed by atoms with Crippen molar-refractivity contribution in [2.75, 3.05) is 6.54 Å². The van der Waals surface area contributed by atoms with Gasteiger partial charge in [0.2, 0.25) is 0 Å². The number of benzene rings is 2. The van der Waals surface area contributed by atoms with Gasteiger partial charge in [-0.1, -0.05) is 78.2 Å². The zero-order valence-corrected chi connectivity index (χ0v) is 24.1. The standard InChI is InChI=1S/C32H32N6O7/c39-28(25-17-12-22-37(29(25)40)27(23-13-4-1-5-14-23)24-15-6-2-7-16-24)35-26(30(41)42)18-8-11-20-33-31(43)32(36-38(44)45)19-9-3-10-21-34-32/h1-7,9-10,12-17,19,21-22,26-27,36H,8,11,18,20H2,(H,33,43)(H,35,39)(H,41,42)/t26-,32?/m0/s1. The lowest BCUT2D eigenvalue weighted by molar-refractivity contribution is -0.553. The van der Waals surface area contributed by atoms with Crippen LogP contribution in [0.1, 0.15) is 46.8 Å². The van der Waals surface area contributed by atoms with Gasteiger partial charge in [0.25, 0.3) is 23.0 Å². The number of nitro groups is 1. The summed E-state index contributed by atoms with van der Waals surface area (Å²) >= 11 is 0. The van der Waals surface area contributed by atoms with E-state index in [9.17, 15) is 34.4 Å². The predicted octanol–water partition coefficient (Wildman–Crippen LogP) is 2.63. The van der Waals surface area contributed by atoms with Gasteiger partial charge in [-0.3, -0.25) is 14.4 Å². The topological polar surface area (TPSA) is 185 Å². The van der Waals surface area contributed by atoms with Gasteiger partial charge in [0.15, 0.2) is 5.03 Å². The summed E-state index contributed by atoms with van der Waals surface area (Å²) in [5.74, 6) is -2.87. The quantitative estimate of drug-likeness (QED) is 0.122. The Balaban J connectivity index is 1.41. The number of nitrogens with zero attached hydrogens (tertiary/aromatic N) is 3. The molecule has 1 unspecified atom stereocenters. The predicted molar refractivity (Wildman–Crippen MR) is 166 cm³/mol. The third kappa shape index (κ3) is 8.16. The number of aliphatic carboxylic acids is 1. The van der Waals surface area contributed by atoms with E-state index in [1.54, 1.807) is 18.3 Å². The molecule has 1 aliphatic rings. The van der Waals surface area contributed by atoms with Gasteiger partial charge in [-0.2, -0.15) is 0 Å². The Morgan fingerprint density at radius 2 is 1.60 bits per heavy atom. The first-order chi connectivity index (χ1) is 21.7. The number of hydrazine groups is 1. The van der Waals surface area contributed by atoms with Gasteiger partial charge in [-0.25, -0.2) is 19.9 Å². The molecule has 0 saturated heterocycles. The molecule has 1 aromatic heterocycles. The fourth-order valence-corrected chi connectivity index (χ4v) is 4.88. The average Bonchev–Trinajstić information content (AvgIpc) is 3.28. The van der Waals surface area contributed by atoms with Gasteiger partial charge in [0.05, 0.1) is 6.04 Å². The van der Waals surface area contributed by atoms with E-state index < -0.39 is 46.1 Å². The molecule has 0 bridgehead atoms. The highest BCUT2D eigenvalue weighted by Gasteiger charge is 2.40. The highest BCUT2D eigenvalue weighted by Crippen LogP contribution is 2.25. The molecule has 0 spiro atoms. The van der Waals surface area contributed by atoms with E-state index in [0.717, 1.165) is 11.1 Å². The van der Waals surface area contributed by atoms with Gasteiger partial charge in [-0.15, -0.1) is 0 Å². The normalized spacial score (nSPS) is 16.0. The van der Waals surface area contributed by atoms with Crippen LogP contribution in [0, 0.1) is 10.1 Å². The second-order valence-electron chi connectivity index (χ2n) is 10.1. The minimum atomic E-state index is -1.94. The summed E-state index contributed by atoms with van der Waals surface area (Å²) in [5.41, 5.74) is 0.851. The molecule has 13 nitrogen and oxygen atoms in total. The maximum Gasteiger partial charge on any atom is 0.326 e. The summed E-state index contributed by atoms with van der Waals surface area (Å²) in [6, 6.07) is 19.8. The molecular formula is C32H32N6O7. The lowest BCUT2D eigenvalue weighted by Gasteiger charge is -2.22. The fraction of sp³-hybridized carbons (Fsp3) is 0.219. The van der Waals surface area contributed by atoms with Crippen LogP contribution in [0.2, 0.25) is 0 Å². The number of carbonyl (C=O) groups is 3. The Labute approximate surface area is 258 Å². The average molecular weight is 613 g/mol. The maximum atomic E-state index is 13.6. The first-order valence-corrected chi connectivity index (χ1v) is 14.2. The third-order valence-corrected chi connectivity index (χ3v) is 7.07. The molecule has 4 rings (SSSR count). The largest absolute Gasteiger partial charge is 0.480 e. The fourth-order valence-electron chi connectivity index (χ4n) is 4.88. The van der Waals surface area contributed by atoms with Crippen molar-refractivity contribution in [3.63, 3.8) is 0 Å². The molecular weight excluding hydrogens is 580 g/mol. The summed E-state index contributed by atoms with van der Waals surface area (Å²) in [6.07, 6.45) is 9.23. The van der Waals surface area contributed by atoms with Crippen LogP contribution in [0.15, 0.2) is 113 Å². The SMILES string of the molecule is O=C(N[C@@H](CCCCNC(=O)C1(N[N+](=O)[O-])C=CC=CC=N1)C(=O)O)c1cccn(C(c2ccccc2)c2ccccc2)c1=O. The van der Waals surface area contributed by atoms with Gasteiger partial charge >= 0.3 is 5.97 Å². The number of aliphatic imine (C=N–C) groups is 1. The van der Waals surface area contributed by atoms with Crippen LogP contribution in [0.4, 0.5) is 0 Å². The molecule has 13 heteroatoms. The number of hydrogen-bond donors (Lipinski definition) is 4. The minimum absolute atomic E-state index is 0.00882. The Morgan fingerprint density at radius 3 is 2.22 bits per heavy atom. The number of hydrogen-bond acceptors (Lipinski definition) is 7. The molecule has 2 amide bonds. The molecule has 45 heavy (non-hydrogen) atoms. The molecule has 2 atom stereocenters. The van der Waals surface area contributed by atoms with E-state index >= 15 is 0 Å². The number of unbranched alkanes of at least 4 members (excludes halogenated alkanes) is 1. The van der Waals surface area contributed by atoms with Crippen molar-refractivity contribution in [2.45, 2.75) is 37.0 Å². The number of rotatable bonds is 14. The van der Waals surface area contributed by atoms with Gasteiger partial charge in [0, 0.05) is 19.0 Å². The Morgan fingerprint density at radius 1 is 0.933 bits per heavy atom. The number of allylic oxidation sites excluding steroid dienone is 3. The first-order valence-electron chi connectivity index (χ1n) is 14.2. The molecule has 0 radical (unpaired) electrons. The highest BCUT2D eigenvalue weighted by atomic mass is 16.7. The molecule has 0 aliphatic carbocycles. The number of carboxylic acids is 1. The van der Waals surface area contributed by atoms with Crippen molar-refractivity contribution in [3.05, 3.63) is 140 Å². The van der Waals surface area contributed by atoms with Gasteiger partial charge < -0.3 is 20.3 Å². The number of pyridine rings is 1. The van der Waals surface area contributed by atoms with Crippen molar-refractivity contribution in [2.24, 2.45) is 4.99 Å². The molecule has 3 aromatic rings. The molecule has 2 aromatic carbocycles. The monoisotopic (exact) mass is 612 g/mol. The second-order valence-corrected chi connectivity index (χ2v) is 10.1. The van der Waals surface area contributed by atoms with Crippen LogP contribution >= 0.6 is 0 Å². The van der Waals surface area contributed by atoms with Gasteiger partial charge in [0.1, 0.15) is 11.6 Å². The van der Waals surface area contributed by atoms with Crippen LogP contribution in [0.3, 0.4) is 0 Å². The third-order valence-electron chi connectivity index (χ3n) is 7.07. The number of amides is 2. The maximum absolute atomic E-state index is 13.6. The lowest BCUT2D eigenvalue weighted by Crippen LogP contribution is -2.56. The summed E-state index contributed by atoms with van der Waals surface area (Å²) in [7, 11) is 0. The molecule has 2 heterocycles. The molecule has 1 aliphatic heterocycles. The summed E-state index contributed by atoms with van der Waals surface area (Å²) < 4.78 is 1.45. The van der Waals surface area contributed by atoms with E-state index in [-0.39, 0.29) is 24.9 Å². The van der Waals surface area contributed by atoms with Crippen molar-refractivity contribution >= 4 is 24.0 Å². The molecule has 0 saturated carbocycles. The number of nitrogens with one attached hydrogen (secondary N) is 3. The van der Waals surface area contributed by atoms with E-state index in [1.807, 2.05) is 66.1 Å². The summed E-state index contributed by atoms with van der Waals surface area (Å²) in [4.78, 5) is 66.6. The Kier molecular flexibility index (Phi) is 10.7. The zero-order chi connectivity index (χ0) is 32.2. The van der Waals surface area contributed by atoms with E-state index in [4.69, 9.17) is 0 Å². The lowest BCUT2D eigenvalue weighted by atomic mass is 9.98. The molecule has 4 N–H and O–H groups in total. The van der Waals surface area contributed by atoms with Crippen molar-refractivity contribution in [1.82, 2.24) is 20.6 Å². The van der Waals surface area contributed by atoms with E-state index in [0.29, 0.717) is 6.42 Å². The zero-order valence-electron chi connectivity index (χ0n) is 24.1. The molecule has 0 fully saturated rings. The number of carboxylic acid groups (broad SMARTS) is 1. The summed E-state index contributed by atoms with van der Waals surface area (Å²) in [5, 5.41) is 25.0. The van der Waals surface area contributed by atoms with Crippen molar-refractivity contribution < 1.29 is 24.5 Å². The van der Waals surface area contributed by atoms with Crippen molar-refractivity contribution in [1.29, 1.82) is 0 Å². The Bertz CT molecular complexity index is 1610. The van der Waals surface area contributed by atoms with Crippen LogP contribution < -0.4 is 21.6 Å². The number of carbonyl (C=O) groups excluding carboxylic acids is 2. The molecule has 232 valence electrons. The summed E-state index contributed by atoms with van der Waals surface area (Å²) in [6.45, 7) is 0.0702. The smallest absolute Gasteiger partial charge is 0.326 e. The highest BCUT2D eigenvalue weighted by molar-refractivity contribution is 5.96. The van der Waals surface area contributed by atoms with Crippen LogP contribution in [-0.2, 0) is 9.59 Å². The van der Waals surface area contributed by atoms with E-state index in [2.05, 4.69) is 15.6 Å². The van der Waals surface area contributed by atoms with Crippen molar-refractivity contribution in [3.8, 4) is 0 Å². The first kappa shape index (κ1) is 32.1. The Hall–Kier alpha value is -5.85.